The number of hydrogen-bond acceptors (Lipinski definition) is 4. The monoisotopic (exact) mass is 318 g/mol. The molecule has 0 spiro atoms. The van der Waals surface area contributed by atoms with E-state index in [1.807, 2.05) is 0 Å². The molecule has 0 radical (unpaired) electrons. The van der Waals surface area contributed by atoms with E-state index in [2.05, 4.69) is 4.72 Å². The van der Waals surface area contributed by atoms with Crippen molar-refractivity contribution in [2.45, 2.75) is 50.7 Å². The van der Waals surface area contributed by atoms with Crippen molar-refractivity contribution in [1.29, 1.82) is 0 Å². The first-order valence-corrected chi connectivity index (χ1v) is 8.30. The topological polar surface area (TPSA) is 109 Å². The Morgan fingerprint density at radius 3 is 2.48 bits per heavy atom. The molecule has 21 heavy (non-hydrogen) atoms. The van der Waals surface area contributed by atoms with Crippen molar-refractivity contribution in [3.05, 3.63) is 18.0 Å². The van der Waals surface area contributed by atoms with Crippen LogP contribution in [0.1, 0.15) is 50.1 Å². The van der Waals surface area contributed by atoms with E-state index >= 15 is 0 Å². The minimum absolute atomic E-state index is 0.0704. The van der Waals surface area contributed by atoms with Crippen LogP contribution in [0.5, 0.6) is 0 Å². The summed E-state index contributed by atoms with van der Waals surface area (Å²) in [5.41, 5.74) is -0.0704. The molecular formula is C13H22N2O5S. The Hall–Kier alpha value is -1.38. The summed E-state index contributed by atoms with van der Waals surface area (Å²) in [7, 11) is -3.78. The summed E-state index contributed by atoms with van der Waals surface area (Å²) < 4.78 is 28.0. The lowest BCUT2D eigenvalue weighted by atomic mass is 10.2. The summed E-state index contributed by atoms with van der Waals surface area (Å²) in [5, 5.41) is 18.5. The molecule has 1 aromatic heterocycles. The molecule has 0 bridgehead atoms. The average Bonchev–Trinajstić information content (AvgIpc) is 2.84. The van der Waals surface area contributed by atoms with Crippen LogP contribution in [0.4, 0.5) is 0 Å². The van der Waals surface area contributed by atoms with Gasteiger partial charge in [0.15, 0.2) is 0 Å². The van der Waals surface area contributed by atoms with Crippen molar-refractivity contribution >= 4 is 16.0 Å². The fraction of sp³-hybridized carbons (Fsp3) is 0.615. The van der Waals surface area contributed by atoms with Crippen LogP contribution < -0.4 is 4.72 Å². The third kappa shape index (κ3) is 4.55. The number of nitrogens with zero attached hydrogens (tertiary/aromatic N) is 1. The third-order valence-electron chi connectivity index (χ3n) is 3.15. The molecule has 120 valence electrons. The van der Waals surface area contributed by atoms with Crippen LogP contribution in [0.15, 0.2) is 17.2 Å². The second kappa shape index (κ2) is 7.06. The van der Waals surface area contributed by atoms with Gasteiger partial charge in [0.1, 0.15) is 10.6 Å². The van der Waals surface area contributed by atoms with Crippen molar-refractivity contribution in [2.75, 3.05) is 6.54 Å². The standard InChI is InChI=1S/C13H22N2O5S/c1-4-10(16)5-6-14-21(19,20)11-7-12(13(17)18)15(8-11)9(2)3/h7-10,14,16H,4-6H2,1-3H3,(H,17,18). The highest BCUT2D eigenvalue weighted by atomic mass is 32.2. The van der Waals surface area contributed by atoms with E-state index in [0.717, 1.165) is 6.07 Å². The van der Waals surface area contributed by atoms with E-state index in [1.165, 1.54) is 10.8 Å². The first-order valence-electron chi connectivity index (χ1n) is 6.82. The Bertz CT molecular complexity index is 592. The maximum absolute atomic E-state index is 12.1. The highest BCUT2D eigenvalue weighted by Gasteiger charge is 2.22. The number of sulfonamides is 1. The number of hydrogen-bond donors (Lipinski definition) is 3. The van der Waals surface area contributed by atoms with E-state index in [0.29, 0.717) is 12.8 Å². The first kappa shape index (κ1) is 17.7. The second-order valence-electron chi connectivity index (χ2n) is 5.12. The average molecular weight is 318 g/mol. The first-order chi connectivity index (χ1) is 9.69. The van der Waals surface area contributed by atoms with Crippen molar-refractivity contribution in [3.8, 4) is 0 Å². The summed E-state index contributed by atoms with van der Waals surface area (Å²) in [6.45, 7) is 5.45. The van der Waals surface area contributed by atoms with Gasteiger partial charge < -0.3 is 14.8 Å². The molecule has 1 heterocycles. The van der Waals surface area contributed by atoms with Crippen molar-refractivity contribution in [1.82, 2.24) is 9.29 Å². The maximum atomic E-state index is 12.1. The minimum Gasteiger partial charge on any atom is -0.477 e. The molecule has 3 N–H and O–H groups in total. The van der Waals surface area contributed by atoms with E-state index in [9.17, 15) is 18.3 Å². The van der Waals surface area contributed by atoms with E-state index in [-0.39, 0.29) is 23.2 Å². The van der Waals surface area contributed by atoms with Gasteiger partial charge in [-0.25, -0.2) is 17.9 Å². The molecule has 0 aliphatic carbocycles. The number of aromatic carboxylic acids is 1. The predicted molar refractivity (Wildman–Crippen MR) is 77.9 cm³/mol. The quantitative estimate of drug-likeness (QED) is 0.667. The third-order valence-corrected chi connectivity index (χ3v) is 4.58. The largest absolute Gasteiger partial charge is 0.477 e. The number of rotatable bonds is 8. The van der Waals surface area contributed by atoms with Crippen LogP contribution in [-0.2, 0) is 10.0 Å². The lowest BCUT2D eigenvalue weighted by Gasteiger charge is -2.10. The van der Waals surface area contributed by atoms with Crippen LogP contribution in [0.2, 0.25) is 0 Å². The highest BCUT2D eigenvalue weighted by molar-refractivity contribution is 7.89. The summed E-state index contributed by atoms with van der Waals surface area (Å²) in [6, 6.07) is 0.975. The summed E-state index contributed by atoms with van der Waals surface area (Å²) in [5.74, 6) is -1.17. The zero-order chi connectivity index (χ0) is 16.2. The number of carbonyl (C=O) groups is 1. The number of carboxylic acids is 1. The molecule has 0 aromatic carbocycles. The van der Waals surface area contributed by atoms with Crippen molar-refractivity contribution < 1.29 is 23.4 Å². The molecule has 8 heteroatoms. The molecule has 0 fully saturated rings. The van der Waals surface area contributed by atoms with Gasteiger partial charge in [-0.3, -0.25) is 0 Å². The Labute approximate surface area is 124 Å². The number of nitrogens with one attached hydrogen (secondary N) is 1. The molecule has 7 nitrogen and oxygen atoms in total. The van der Waals surface area contributed by atoms with Crippen LogP contribution >= 0.6 is 0 Å². The molecule has 0 saturated heterocycles. The molecule has 1 unspecified atom stereocenters. The Balaban J connectivity index is 2.93. The Morgan fingerprint density at radius 2 is 2.05 bits per heavy atom. The smallest absolute Gasteiger partial charge is 0.352 e. The Kier molecular flexibility index (Phi) is 5.94. The fourth-order valence-corrected chi connectivity index (χ4v) is 2.92. The van der Waals surface area contributed by atoms with Gasteiger partial charge in [-0.2, -0.15) is 0 Å². The molecule has 1 rings (SSSR count). The maximum Gasteiger partial charge on any atom is 0.352 e. The van der Waals surface area contributed by atoms with Crippen molar-refractivity contribution in [3.63, 3.8) is 0 Å². The summed E-state index contributed by atoms with van der Waals surface area (Å²) in [6.07, 6.45) is 1.62. The normalized spacial score (nSPS) is 13.6. The molecule has 0 saturated carbocycles. The molecule has 1 atom stereocenters. The van der Waals surface area contributed by atoms with Crippen LogP contribution in [0.25, 0.3) is 0 Å². The van der Waals surface area contributed by atoms with Gasteiger partial charge in [0, 0.05) is 18.8 Å². The summed E-state index contributed by atoms with van der Waals surface area (Å²) >= 11 is 0. The molecular weight excluding hydrogens is 296 g/mol. The van der Waals surface area contributed by atoms with Gasteiger partial charge in [0.25, 0.3) is 0 Å². The fourth-order valence-electron chi connectivity index (χ4n) is 1.85. The minimum atomic E-state index is -3.78. The van der Waals surface area contributed by atoms with Gasteiger partial charge in [0.2, 0.25) is 10.0 Å². The predicted octanol–water partition coefficient (Wildman–Crippen LogP) is 1.21. The molecule has 1 aromatic rings. The number of carboxylic acid groups (broad SMARTS) is 1. The lowest BCUT2D eigenvalue weighted by Crippen LogP contribution is -2.27. The van der Waals surface area contributed by atoms with Crippen LogP contribution in [-0.4, -0.2) is 41.8 Å². The number of aliphatic hydroxyl groups excluding tert-OH is 1. The van der Waals surface area contributed by atoms with E-state index in [1.54, 1.807) is 20.8 Å². The van der Waals surface area contributed by atoms with Crippen molar-refractivity contribution in [2.24, 2.45) is 0 Å². The van der Waals surface area contributed by atoms with Gasteiger partial charge in [-0.15, -0.1) is 0 Å². The second-order valence-corrected chi connectivity index (χ2v) is 6.88. The zero-order valence-electron chi connectivity index (χ0n) is 12.4. The highest BCUT2D eigenvalue weighted by Crippen LogP contribution is 2.19. The number of aliphatic hydroxyl groups is 1. The molecule has 0 aliphatic rings. The zero-order valence-corrected chi connectivity index (χ0v) is 13.2. The van der Waals surface area contributed by atoms with E-state index in [4.69, 9.17) is 5.11 Å². The van der Waals surface area contributed by atoms with E-state index < -0.39 is 22.1 Å². The lowest BCUT2D eigenvalue weighted by molar-refractivity contribution is 0.0683. The molecule has 0 aliphatic heterocycles. The van der Waals surface area contributed by atoms with Crippen LogP contribution in [0, 0.1) is 0 Å². The van der Waals surface area contributed by atoms with Crippen LogP contribution in [0.3, 0.4) is 0 Å². The van der Waals surface area contributed by atoms with Gasteiger partial charge >= 0.3 is 5.97 Å². The molecule has 0 amide bonds. The van der Waals surface area contributed by atoms with Gasteiger partial charge in [0.05, 0.1) is 6.10 Å². The summed E-state index contributed by atoms with van der Waals surface area (Å²) in [4.78, 5) is 11.1. The Morgan fingerprint density at radius 1 is 1.43 bits per heavy atom. The number of aromatic nitrogens is 1. The van der Waals surface area contributed by atoms with Gasteiger partial charge in [-0.1, -0.05) is 6.92 Å². The van der Waals surface area contributed by atoms with Gasteiger partial charge in [-0.05, 0) is 32.8 Å². The SMILES string of the molecule is CCC(O)CCNS(=O)(=O)c1cc(C(=O)O)n(C(C)C)c1.